The molecule has 6 heteroatoms. The fourth-order valence-electron chi connectivity index (χ4n) is 1.15. The second kappa shape index (κ2) is 4.04. The van der Waals surface area contributed by atoms with Gasteiger partial charge in [-0.2, -0.15) is 0 Å². The lowest BCUT2D eigenvalue weighted by Gasteiger charge is -2.14. The summed E-state index contributed by atoms with van der Waals surface area (Å²) in [6, 6.07) is -0.0625. The standard InChI is InChI=1S/C6H12BrNO3S/c1-5-6(2-3-11-5)8-12(9,10)4-7/h5-6,8H,2-4H2,1H3/t5-,6-/m1/s1. The van der Waals surface area contributed by atoms with Crippen LogP contribution in [0.4, 0.5) is 0 Å². The Morgan fingerprint density at radius 3 is 2.75 bits per heavy atom. The van der Waals surface area contributed by atoms with E-state index in [2.05, 4.69) is 20.7 Å². The van der Waals surface area contributed by atoms with Crippen LogP contribution in [-0.2, 0) is 14.8 Å². The highest BCUT2D eigenvalue weighted by atomic mass is 79.9. The summed E-state index contributed by atoms with van der Waals surface area (Å²) in [5.41, 5.74) is 0. The number of rotatable bonds is 3. The Kier molecular flexibility index (Phi) is 3.51. The van der Waals surface area contributed by atoms with Crippen LogP contribution in [-0.4, -0.2) is 31.8 Å². The van der Waals surface area contributed by atoms with E-state index in [1.165, 1.54) is 0 Å². The quantitative estimate of drug-likeness (QED) is 0.747. The highest BCUT2D eigenvalue weighted by Crippen LogP contribution is 2.13. The zero-order chi connectivity index (χ0) is 9.19. The first-order chi connectivity index (χ1) is 5.55. The van der Waals surface area contributed by atoms with E-state index in [1.807, 2.05) is 6.92 Å². The third-order valence-electron chi connectivity index (χ3n) is 1.85. The Bertz CT molecular complexity index is 241. The molecule has 0 unspecified atom stereocenters. The molecule has 12 heavy (non-hydrogen) atoms. The van der Waals surface area contributed by atoms with E-state index in [0.717, 1.165) is 6.42 Å². The Morgan fingerprint density at radius 2 is 2.33 bits per heavy atom. The number of sulfonamides is 1. The van der Waals surface area contributed by atoms with Gasteiger partial charge < -0.3 is 4.74 Å². The first kappa shape index (κ1) is 10.4. The number of ether oxygens (including phenoxy) is 1. The van der Waals surface area contributed by atoms with Crippen molar-refractivity contribution in [1.82, 2.24) is 4.72 Å². The van der Waals surface area contributed by atoms with E-state index in [4.69, 9.17) is 4.74 Å². The zero-order valence-corrected chi connectivity index (χ0v) is 9.19. The van der Waals surface area contributed by atoms with Gasteiger partial charge in [-0.15, -0.1) is 0 Å². The summed E-state index contributed by atoms with van der Waals surface area (Å²) in [5, 5.41) is 0. The van der Waals surface area contributed by atoms with Gasteiger partial charge in [0.25, 0.3) is 0 Å². The maximum atomic E-state index is 11.1. The minimum Gasteiger partial charge on any atom is -0.377 e. The minimum atomic E-state index is -3.15. The first-order valence-corrected chi connectivity index (χ1v) is 6.50. The van der Waals surface area contributed by atoms with Crippen LogP contribution in [0.5, 0.6) is 0 Å². The van der Waals surface area contributed by atoms with Crippen molar-refractivity contribution in [1.29, 1.82) is 0 Å². The molecule has 1 aliphatic heterocycles. The summed E-state index contributed by atoms with van der Waals surface area (Å²) in [5.74, 6) is 0. The van der Waals surface area contributed by atoms with Crippen LogP contribution in [0.1, 0.15) is 13.3 Å². The topological polar surface area (TPSA) is 55.4 Å². The van der Waals surface area contributed by atoms with E-state index in [-0.39, 0.29) is 16.8 Å². The minimum absolute atomic E-state index is 0.0150. The summed E-state index contributed by atoms with van der Waals surface area (Å²) in [7, 11) is -3.15. The largest absolute Gasteiger partial charge is 0.377 e. The molecule has 0 spiro atoms. The molecule has 1 heterocycles. The van der Waals surface area contributed by atoms with E-state index >= 15 is 0 Å². The molecule has 0 radical (unpaired) electrons. The molecule has 1 rings (SSSR count). The molecule has 0 aromatic rings. The summed E-state index contributed by atoms with van der Waals surface area (Å²) in [4.78, 5) is 0. The van der Waals surface area contributed by atoms with Gasteiger partial charge in [0, 0.05) is 12.6 Å². The van der Waals surface area contributed by atoms with Gasteiger partial charge in [-0.1, -0.05) is 15.9 Å². The third kappa shape index (κ3) is 2.69. The molecule has 0 aliphatic carbocycles. The van der Waals surface area contributed by atoms with Crippen molar-refractivity contribution in [2.45, 2.75) is 25.5 Å². The average molecular weight is 258 g/mol. The van der Waals surface area contributed by atoms with E-state index < -0.39 is 10.0 Å². The number of halogens is 1. The fraction of sp³-hybridized carbons (Fsp3) is 1.00. The summed E-state index contributed by atoms with van der Waals surface area (Å²) in [6.07, 6.45) is 0.742. The maximum absolute atomic E-state index is 11.1. The molecule has 1 N–H and O–H groups in total. The third-order valence-corrected chi connectivity index (χ3v) is 4.61. The SMILES string of the molecule is C[C@H]1OCC[C@H]1NS(=O)(=O)CBr. The van der Waals surface area contributed by atoms with Crippen molar-refractivity contribution in [2.75, 3.05) is 11.3 Å². The van der Waals surface area contributed by atoms with Gasteiger partial charge in [0.15, 0.2) is 0 Å². The number of nitrogens with one attached hydrogen (secondary N) is 1. The van der Waals surface area contributed by atoms with Crippen LogP contribution < -0.4 is 4.72 Å². The number of hydrogen-bond acceptors (Lipinski definition) is 3. The number of alkyl halides is 1. The van der Waals surface area contributed by atoms with Crippen LogP contribution in [0.15, 0.2) is 0 Å². The molecular weight excluding hydrogens is 246 g/mol. The summed E-state index contributed by atoms with van der Waals surface area (Å²) >= 11 is 2.91. The van der Waals surface area contributed by atoms with E-state index in [0.29, 0.717) is 6.61 Å². The molecule has 1 saturated heterocycles. The van der Waals surface area contributed by atoms with Gasteiger partial charge in [-0.25, -0.2) is 13.1 Å². The molecule has 72 valence electrons. The average Bonchev–Trinajstić information content (AvgIpc) is 2.36. The molecule has 4 nitrogen and oxygen atoms in total. The lowest BCUT2D eigenvalue weighted by molar-refractivity contribution is 0.117. The summed E-state index contributed by atoms with van der Waals surface area (Å²) < 4.78 is 29.9. The van der Waals surface area contributed by atoms with Crippen molar-refractivity contribution in [3.8, 4) is 0 Å². The highest BCUT2D eigenvalue weighted by Gasteiger charge is 2.27. The van der Waals surface area contributed by atoms with Gasteiger partial charge in [-0.05, 0) is 13.3 Å². The molecule has 0 bridgehead atoms. The molecule has 1 aliphatic rings. The molecule has 0 saturated carbocycles. The maximum Gasteiger partial charge on any atom is 0.221 e. The van der Waals surface area contributed by atoms with Crippen molar-refractivity contribution in [2.24, 2.45) is 0 Å². The molecule has 0 aromatic heterocycles. The van der Waals surface area contributed by atoms with Gasteiger partial charge in [-0.3, -0.25) is 0 Å². The Labute approximate surface area is 80.8 Å². The zero-order valence-electron chi connectivity index (χ0n) is 6.79. The lowest BCUT2D eigenvalue weighted by atomic mass is 10.2. The van der Waals surface area contributed by atoms with Gasteiger partial charge in [0.2, 0.25) is 10.0 Å². The monoisotopic (exact) mass is 257 g/mol. The summed E-state index contributed by atoms with van der Waals surface area (Å²) in [6.45, 7) is 2.51. The van der Waals surface area contributed by atoms with Gasteiger partial charge >= 0.3 is 0 Å². The molecule has 1 fully saturated rings. The Morgan fingerprint density at radius 1 is 1.67 bits per heavy atom. The second-order valence-corrected chi connectivity index (χ2v) is 5.87. The van der Waals surface area contributed by atoms with Crippen molar-refractivity contribution >= 4 is 26.0 Å². The molecule has 2 atom stereocenters. The Hall–Kier alpha value is 0.350. The predicted molar refractivity (Wildman–Crippen MR) is 49.7 cm³/mol. The van der Waals surface area contributed by atoms with Crippen LogP contribution >= 0.6 is 15.9 Å². The van der Waals surface area contributed by atoms with Crippen LogP contribution in [0.3, 0.4) is 0 Å². The normalized spacial score (nSPS) is 30.8. The molecular formula is C6H12BrNO3S. The van der Waals surface area contributed by atoms with Crippen LogP contribution in [0, 0.1) is 0 Å². The molecule has 0 amide bonds. The number of hydrogen-bond donors (Lipinski definition) is 1. The fourth-order valence-corrected chi connectivity index (χ4v) is 2.38. The van der Waals surface area contributed by atoms with Crippen LogP contribution in [0.25, 0.3) is 0 Å². The lowest BCUT2D eigenvalue weighted by Crippen LogP contribution is -2.39. The van der Waals surface area contributed by atoms with Crippen molar-refractivity contribution < 1.29 is 13.2 Å². The van der Waals surface area contributed by atoms with Crippen LogP contribution in [0.2, 0.25) is 0 Å². The predicted octanol–water partition coefficient (Wildman–Crippen LogP) is 0.436. The van der Waals surface area contributed by atoms with E-state index in [9.17, 15) is 8.42 Å². The smallest absolute Gasteiger partial charge is 0.221 e. The van der Waals surface area contributed by atoms with Gasteiger partial charge in [0.05, 0.1) is 6.10 Å². The first-order valence-electron chi connectivity index (χ1n) is 3.73. The van der Waals surface area contributed by atoms with Crippen molar-refractivity contribution in [3.05, 3.63) is 0 Å². The van der Waals surface area contributed by atoms with E-state index in [1.54, 1.807) is 0 Å². The van der Waals surface area contributed by atoms with Crippen molar-refractivity contribution in [3.63, 3.8) is 0 Å². The highest BCUT2D eigenvalue weighted by molar-refractivity contribution is 9.10. The molecule has 0 aromatic carbocycles. The van der Waals surface area contributed by atoms with Gasteiger partial charge in [0.1, 0.15) is 4.66 Å². The Balaban J connectivity index is 2.51. The second-order valence-electron chi connectivity index (χ2n) is 2.81.